The van der Waals surface area contributed by atoms with Crippen molar-refractivity contribution in [1.82, 2.24) is 41.2 Å². The highest BCUT2D eigenvalue weighted by Crippen LogP contribution is 2.42. The van der Waals surface area contributed by atoms with Crippen LogP contribution >= 0.6 is 23.2 Å². The summed E-state index contributed by atoms with van der Waals surface area (Å²) in [4.78, 5) is 41.3. The minimum Gasteiger partial charge on any atom is -0.480 e. The minimum absolute atomic E-state index is 0.0495. The molecule has 2 unspecified atom stereocenters. The van der Waals surface area contributed by atoms with E-state index in [1.807, 2.05) is 0 Å². The highest BCUT2D eigenvalue weighted by Gasteiger charge is 2.23. The number of nitrogens with zero attached hydrogens (tertiary/aromatic N) is 4. The lowest BCUT2D eigenvalue weighted by Gasteiger charge is -2.16. The topological polar surface area (TPSA) is 152 Å². The molecule has 0 spiro atoms. The zero-order valence-electron chi connectivity index (χ0n) is 26.9. The van der Waals surface area contributed by atoms with Crippen LogP contribution in [-0.4, -0.2) is 71.1 Å². The number of carbonyl (C=O) groups excluding carboxylic acids is 2. The summed E-state index contributed by atoms with van der Waals surface area (Å²) in [5.41, 5.74) is 3.63. The lowest BCUT2D eigenvalue weighted by Crippen LogP contribution is -2.35. The lowest BCUT2D eigenvalue weighted by molar-refractivity contribution is -0.120. The van der Waals surface area contributed by atoms with E-state index in [0.717, 1.165) is 12.8 Å². The molecule has 2 amide bonds. The summed E-state index contributed by atoms with van der Waals surface area (Å²) >= 11 is 13.9. The SMILES string of the molecule is COc1nc(-c2cccc(-c3cc(F)cc(-c4cnc(CNCC5CCC(=O)N5)c(OC)n4)c3Cl)c2Cl)cnc1CNCC1CCC(=O)N1. The van der Waals surface area contributed by atoms with Crippen LogP contribution in [-0.2, 0) is 22.7 Å². The molecule has 2 aliphatic heterocycles. The van der Waals surface area contributed by atoms with Crippen LogP contribution in [0.1, 0.15) is 37.1 Å². The maximum atomic E-state index is 15.2. The van der Waals surface area contributed by atoms with E-state index in [1.54, 1.807) is 24.4 Å². The van der Waals surface area contributed by atoms with Gasteiger partial charge in [0.15, 0.2) is 0 Å². The monoisotopic (exact) mass is 708 g/mol. The molecule has 12 nitrogen and oxygen atoms in total. The van der Waals surface area contributed by atoms with Crippen molar-refractivity contribution in [3.05, 3.63) is 70.0 Å². The number of carbonyl (C=O) groups is 2. The second-order valence-corrected chi connectivity index (χ2v) is 12.5. The standard InChI is InChI=1S/C34H35Cl2FN8O4/c1-48-33-27(14-38-12-19-6-8-29(46)42-19)40-16-25(44-33)22-5-3-4-21(31(22)35)23-10-18(37)11-24(32(23)36)26-17-41-28(34(45-26)49-2)15-39-13-20-7-9-30(47)43-20/h3-5,10-11,16-17,19-20,38-39H,6-9,12-15H2,1-2H3,(H,42,46)(H,43,47). The van der Waals surface area contributed by atoms with E-state index < -0.39 is 5.82 Å². The van der Waals surface area contributed by atoms with E-state index in [1.165, 1.54) is 32.5 Å². The Morgan fingerprint density at radius 3 is 1.78 bits per heavy atom. The van der Waals surface area contributed by atoms with Gasteiger partial charge in [-0.15, -0.1) is 0 Å². The maximum Gasteiger partial charge on any atom is 0.237 e. The van der Waals surface area contributed by atoms with Crippen LogP contribution < -0.4 is 30.7 Å². The summed E-state index contributed by atoms with van der Waals surface area (Å²) in [5, 5.41) is 12.9. The van der Waals surface area contributed by atoms with Crippen molar-refractivity contribution in [3.8, 4) is 45.4 Å². The van der Waals surface area contributed by atoms with Gasteiger partial charge in [-0.05, 0) is 25.0 Å². The number of benzene rings is 2. The summed E-state index contributed by atoms with van der Waals surface area (Å²) < 4.78 is 26.3. The fourth-order valence-corrected chi connectivity index (χ4v) is 6.56. The quantitative estimate of drug-likeness (QED) is 0.157. The van der Waals surface area contributed by atoms with Crippen LogP contribution in [0.5, 0.6) is 11.8 Å². The molecule has 49 heavy (non-hydrogen) atoms. The molecule has 4 aromatic rings. The van der Waals surface area contributed by atoms with Gasteiger partial charge >= 0.3 is 0 Å². The highest BCUT2D eigenvalue weighted by molar-refractivity contribution is 6.39. The maximum absolute atomic E-state index is 15.2. The number of ether oxygens (including phenoxy) is 2. The molecule has 4 N–H and O–H groups in total. The molecule has 6 rings (SSSR count). The Labute approximate surface area is 292 Å². The summed E-state index contributed by atoms with van der Waals surface area (Å²) in [6.45, 7) is 1.94. The molecule has 2 atom stereocenters. The molecule has 2 aliphatic rings. The van der Waals surface area contributed by atoms with Crippen molar-refractivity contribution in [2.24, 2.45) is 0 Å². The number of rotatable bonds is 13. The smallest absolute Gasteiger partial charge is 0.237 e. The predicted octanol–water partition coefficient (Wildman–Crippen LogP) is 4.47. The number of aromatic nitrogens is 4. The van der Waals surface area contributed by atoms with Crippen LogP contribution in [0.3, 0.4) is 0 Å². The minimum atomic E-state index is -0.545. The van der Waals surface area contributed by atoms with Gasteiger partial charge in [0.25, 0.3) is 0 Å². The summed E-state index contributed by atoms with van der Waals surface area (Å²) in [6.07, 6.45) is 5.73. The molecule has 2 aromatic heterocycles. The number of nitrogens with one attached hydrogen (secondary N) is 4. The summed E-state index contributed by atoms with van der Waals surface area (Å²) in [6, 6.07) is 8.06. The third-order valence-corrected chi connectivity index (χ3v) is 9.24. The molecular weight excluding hydrogens is 674 g/mol. The molecule has 2 fully saturated rings. The van der Waals surface area contributed by atoms with E-state index >= 15 is 4.39 Å². The van der Waals surface area contributed by atoms with Gasteiger partial charge in [-0.2, -0.15) is 0 Å². The van der Waals surface area contributed by atoms with Gasteiger partial charge in [0.05, 0.1) is 48.0 Å². The zero-order valence-corrected chi connectivity index (χ0v) is 28.4. The first-order chi connectivity index (χ1) is 23.7. The van der Waals surface area contributed by atoms with Crippen LogP contribution in [0, 0.1) is 5.82 Å². The molecule has 256 valence electrons. The van der Waals surface area contributed by atoms with E-state index in [-0.39, 0.29) is 34.8 Å². The Kier molecular flexibility index (Phi) is 10.8. The van der Waals surface area contributed by atoms with Crippen molar-refractivity contribution in [2.75, 3.05) is 27.3 Å². The number of halogens is 3. The van der Waals surface area contributed by atoms with Gasteiger partial charge in [-0.25, -0.2) is 14.4 Å². The van der Waals surface area contributed by atoms with Gasteiger partial charge in [0.2, 0.25) is 23.6 Å². The van der Waals surface area contributed by atoms with Gasteiger partial charge in [-0.1, -0.05) is 41.4 Å². The molecular formula is C34H35Cl2FN8O4. The van der Waals surface area contributed by atoms with Crippen LogP contribution in [0.25, 0.3) is 33.6 Å². The third-order valence-electron chi connectivity index (χ3n) is 8.42. The fraction of sp³-hybridized carbons (Fsp3) is 0.353. The predicted molar refractivity (Wildman–Crippen MR) is 183 cm³/mol. The van der Waals surface area contributed by atoms with Gasteiger partial charge in [0, 0.05) is 73.4 Å². The van der Waals surface area contributed by atoms with Gasteiger partial charge < -0.3 is 30.7 Å². The number of hydrogen-bond acceptors (Lipinski definition) is 10. The van der Waals surface area contributed by atoms with Crippen molar-refractivity contribution in [2.45, 2.75) is 50.9 Å². The van der Waals surface area contributed by atoms with Crippen LogP contribution in [0.2, 0.25) is 10.0 Å². The Hall–Kier alpha value is -4.43. The van der Waals surface area contributed by atoms with Crippen molar-refractivity contribution in [1.29, 1.82) is 0 Å². The van der Waals surface area contributed by atoms with E-state index in [9.17, 15) is 9.59 Å². The lowest BCUT2D eigenvalue weighted by atomic mass is 9.98. The van der Waals surface area contributed by atoms with Crippen molar-refractivity contribution in [3.63, 3.8) is 0 Å². The molecule has 0 saturated carbocycles. The van der Waals surface area contributed by atoms with Crippen molar-refractivity contribution >= 4 is 35.0 Å². The number of methoxy groups -OCH3 is 2. The summed E-state index contributed by atoms with van der Waals surface area (Å²) in [5.74, 6) is 0.150. The average molecular weight is 710 g/mol. The van der Waals surface area contributed by atoms with Crippen molar-refractivity contribution < 1.29 is 23.5 Å². The average Bonchev–Trinajstić information content (AvgIpc) is 3.72. The van der Waals surface area contributed by atoms with E-state index in [4.69, 9.17) is 32.7 Å². The second kappa shape index (κ2) is 15.4. The van der Waals surface area contributed by atoms with Crippen LogP contribution in [0.4, 0.5) is 4.39 Å². The first kappa shape index (κ1) is 34.4. The molecule has 2 aromatic carbocycles. The highest BCUT2D eigenvalue weighted by atomic mass is 35.5. The third kappa shape index (κ3) is 7.91. The molecule has 0 bridgehead atoms. The Balaban J connectivity index is 1.23. The normalized spacial score (nSPS) is 17.2. The molecule has 0 aliphatic carbocycles. The Morgan fingerprint density at radius 1 is 0.776 bits per heavy atom. The fourth-order valence-electron chi connectivity index (χ4n) is 5.92. The molecule has 0 radical (unpaired) electrons. The Bertz CT molecular complexity index is 1880. The second-order valence-electron chi connectivity index (χ2n) is 11.8. The van der Waals surface area contributed by atoms with E-state index in [2.05, 4.69) is 41.2 Å². The molecule has 15 heteroatoms. The molecule has 4 heterocycles. The van der Waals surface area contributed by atoms with Crippen LogP contribution in [0.15, 0.2) is 42.7 Å². The summed E-state index contributed by atoms with van der Waals surface area (Å²) in [7, 11) is 3.00. The first-order valence-electron chi connectivity index (χ1n) is 15.8. The van der Waals surface area contributed by atoms with Gasteiger partial charge in [0.1, 0.15) is 17.2 Å². The number of hydrogen-bond donors (Lipinski definition) is 4. The van der Waals surface area contributed by atoms with Gasteiger partial charge in [-0.3, -0.25) is 19.6 Å². The van der Waals surface area contributed by atoms with E-state index in [0.29, 0.717) is 95.0 Å². The number of amides is 2. The zero-order chi connectivity index (χ0) is 34.5. The molecule has 2 saturated heterocycles. The Morgan fingerprint density at radius 2 is 1.27 bits per heavy atom. The largest absolute Gasteiger partial charge is 0.480 e. The first-order valence-corrected chi connectivity index (χ1v) is 16.6.